The van der Waals surface area contributed by atoms with E-state index in [9.17, 15) is 0 Å². The SMILES string of the molecule is Cc1ccc(CSc2nnc(CN)o2)cc1. The first kappa shape index (κ1) is 11.2. The van der Waals surface area contributed by atoms with Crippen LogP contribution in [0, 0.1) is 6.92 Å². The number of benzene rings is 1. The first-order valence-corrected chi connectivity index (χ1v) is 5.97. The molecule has 0 atom stereocenters. The van der Waals surface area contributed by atoms with Gasteiger partial charge in [-0.15, -0.1) is 10.2 Å². The van der Waals surface area contributed by atoms with Gasteiger partial charge in [-0.3, -0.25) is 0 Å². The van der Waals surface area contributed by atoms with Crippen molar-refractivity contribution in [2.45, 2.75) is 24.4 Å². The minimum atomic E-state index is 0.290. The number of nitrogens with two attached hydrogens (primary N) is 1. The van der Waals surface area contributed by atoms with Crippen LogP contribution in [-0.2, 0) is 12.3 Å². The number of hydrogen-bond acceptors (Lipinski definition) is 5. The molecule has 0 fully saturated rings. The van der Waals surface area contributed by atoms with E-state index in [1.807, 2.05) is 0 Å². The van der Waals surface area contributed by atoms with Crippen molar-refractivity contribution in [1.82, 2.24) is 10.2 Å². The van der Waals surface area contributed by atoms with Crippen LogP contribution in [0.5, 0.6) is 0 Å². The zero-order valence-corrected chi connectivity index (χ0v) is 9.83. The van der Waals surface area contributed by atoms with Crippen molar-refractivity contribution in [3.05, 3.63) is 41.3 Å². The predicted molar refractivity (Wildman–Crippen MR) is 62.9 cm³/mol. The molecule has 0 bridgehead atoms. The van der Waals surface area contributed by atoms with Crippen LogP contribution in [0.3, 0.4) is 0 Å². The standard InChI is InChI=1S/C11H13N3OS/c1-8-2-4-9(5-3-8)7-16-11-14-13-10(6-12)15-11/h2-5H,6-7,12H2,1H3. The van der Waals surface area contributed by atoms with Crippen molar-refractivity contribution in [2.75, 3.05) is 0 Å². The predicted octanol–water partition coefficient (Wildman–Crippen LogP) is 2.13. The Morgan fingerprint density at radius 1 is 1.25 bits per heavy atom. The van der Waals surface area contributed by atoms with E-state index in [2.05, 4.69) is 41.4 Å². The molecule has 0 unspecified atom stereocenters. The second-order valence-electron chi connectivity index (χ2n) is 3.44. The van der Waals surface area contributed by atoms with E-state index in [1.165, 1.54) is 22.9 Å². The van der Waals surface area contributed by atoms with E-state index in [1.54, 1.807) is 0 Å². The maximum absolute atomic E-state index is 5.38. The zero-order valence-electron chi connectivity index (χ0n) is 9.01. The van der Waals surface area contributed by atoms with Crippen LogP contribution in [0.15, 0.2) is 33.9 Å². The summed E-state index contributed by atoms with van der Waals surface area (Å²) in [5, 5.41) is 8.25. The van der Waals surface area contributed by atoms with Gasteiger partial charge in [0, 0.05) is 5.75 Å². The molecule has 0 aliphatic carbocycles. The van der Waals surface area contributed by atoms with Crippen molar-refractivity contribution in [1.29, 1.82) is 0 Å². The molecule has 2 N–H and O–H groups in total. The molecular weight excluding hydrogens is 222 g/mol. The van der Waals surface area contributed by atoms with E-state index in [0.29, 0.717) is 11.1 Å². The Labute approximate surface area is 98.2 Å². The maximum Gasteiger partial charge on any atom is 0.276 e. The van der Waals surface area contributed by atoms with E-state index in [0.717, 1.165) is 5.75 Å². The molecule has 1 aromatic carbocycles. The fraction of sp³-hybridized carbons (Fsp3) is 0.273. The van der Waals surface area contributed by atoms with Crippen LogP contribution in [-0.4, -0.2) is 10.2 Å². The summed E-state index contributed by atoms with van der Waals surface area (Å²) in [5.74, 6) is 1.30. The van der Waals surface area contributed by atoms with Gasteiger partial charge in [0.1, 0.15) is 0 Å². The topological polar surface area (TPSA) is 64.9 Å². The van der Waals surface area contributed by atoms with Crippen LogP contribution < -0.4 is 5.73 Å². The molecule has 4 nitrogen and oxygen atoms in total. The Morgan fingerprint density at radius 3 is 2.62 bits per heavy atom. The van der Waals surface area contributed by atoms with Crippen LogP contribution >= 0.6 is 11.8 Å². The number of aryl methyl sites for hydroxylation is 1. The lowest BCUT2D eigenvalue weighted by atomic mass is 10.2. The summed E-state index contributed by atoms with van der Waals surface area (Å²) in [6, 6.07) is 8.38. The van der Waals surface area contributed by atoms with Gasteiger partial charge >= 0.3 is 0 Å². The number of rotatable bonds is 4. The lowest BCUT2D eigenvalue weighted by molar-refractivity contribution is 0.415. The first-order chi connectivity index (χ1) is 7.78. The fourth-order valence-corrected chi connectivity index (χ4v) is 1.94. The molecule has 1 aromatic heterocycles. The summed E-state index contributed by atoms with van der Waals surface area (Å²) >= 11 is 1.52. The minimum absolute atomic E-state index is 0.290. The summed E-state index contributed by atoms with van der Waals surface area (Å²) in [6.45, 7) is 2.36. The minimum Gasteiger partial charge on any atom is -0.415 e. The molecule has 84 valence electrons. The van der Waals surface area contributed by atoms with Gasteiger partial charge in [-0.2, -0.15) is 0 Å². The number of aromatic nitrogens is 2. The molecule has 0 radical (unpaired) electrons. The quantitative estimate of drug-likeness (QED) is 0.822. The van der Waals surface area contributed by atoms with E-state index >= 15 is 0 Å². The molecular formula is C11H13N3OS. The van der Waals surface area contributed by atoms with Crippen molar-refractivity contribution in [2.24, 2.45) is 5.73 Å². The second kappa shape index (κ2) is 5.14. The largest absolute Gasteiger partial charge is 0.415 e. The third-order valence-electron chi connectivity index (χ3n) is 2.11. The van der Waals surface area contributed by atoms with Crippen LogP contribution in [0.4, 0.5) is 0 Å². The third kappa shape index (κ3) is 2.84. The van der Waals surface area contributed by atoms with Crippen molar-refractivity contribution >= 4 is 11.8 Å². The lowest BCUT2D eigenvalue weighted by Crippen LogP contribution is -1.95. The molecule has 5 heteroatoms. The Balaban J connectivity index is 1.94. The smallest absolute Gasteiger partial charge is 0.276 e. The van der Waals surface area contributed by atoms with Gasteiger partial charge in [-0.25, -0.2) is 0 Å². The Hall–Kier alpha value is -1.33. The van der Waals surface area contributed by atoms with E-state index < -0.39 is 0 Å². The van der Waals surface area contributed by atoms with Crippen LogP contribution in [0.2, 0.25) is 0 Å². The summed E-state index contributed by atoms with van der Waals surface area (Å²) in [4.78, 5) is 0. The monoisotopic (exact) mass is 235 g/mol. The Morgan fingerprint density at radius 2 is 2.00 bits per heavy atom. The van der Waals surface area contributed by atoms with Crippen molar-refractivity contribution < 1.29 is 4.42 Å². The van der Waals surface area contributed by atoms with Crippen molar-refractivity contribution in [3.63, 3.8) is 0 Å². The molecule has 2 rings (SSSR count). The molecule has 0 amide bonds. The Bertz CT molecular complexity index is 453. The van der Waals surface area contributed by atoms with E-state index in [-0.39, 0.29) is 6.54 Å². The Kier molecular flexibility index (Phi) is 3.58. The molecule has 0 saturated heterocycles. The fourth-order valence-electron chi connectivity index (χ4n) is 1.21. The van der Waals surface area contributed by atoms with Gasteiger partial charge in [0.2, 0.25) is 5.89 Å². The van der Waals surface area contributed by atoms with Crippen molar-refractivity contribution in [3.8, 4) is 0 Å². The average Bonchev–Trinajstić information content (AvgIpc) is 2.76. The average molecular weight is 235 g/mol. The zero-order chi connectivity index (χ0) is 11.4. The summed E-state index contributed by atoms with van der Waals surface area (Å²) < 4.78 is 5.29. The van der Waals surface area contributed by atoms with Crippen LogP contribution in [0.25, 0.3) is 0 Å². The highest BCUT2D eigenvalue weighted by Gasteiger charge is 2.04. The van der Waals surface area contributed by atoms with Gasteiger partial charge < -0.3 is 10.2 Å². The van der Waals surface area contributed by atoms with Gasteiger partial charge in [0.05, 0.1) is 6.54 Å². The highest BCUT2D eigenvalue weighted by molar-refractivity contribution is 7.98. The summed E-state index contributed by atoms with van der Waals surface area (Å²) in [5.41, 5.74) is 7.88. The third-order valence-corrected chi connectivity index (χ3v) is 3.00. The first-order valence-electron chi connectivity index (χ1n) is 4.98. The second-order valence-corrected chi connectivity index (χ2v) is 4.37. The van der Waals surface area contributed by atoms with Crippen LogP contribution in [0.1, 0.15) is 17.0 Å². The molecule has 0 aliphatic heterocycles. The molecule has 0 aliphatic rings. The number of thioether (sulfide) groups is 1. The summed E-state index contributed by atoms with van der Waals surface area (Å²) in [6.07, 6.45) is 0. The number of hydrogen-bond donors (Lipinski definition) is 1. The van der Waals surface area contributed by atoms with Gasteiger partial charge in [0.25, 0.3) is 5.22 Å². The maximum atomic E-state index is 5.38. The highest BCUT2D eigenvalue weighted by Crippen LogP contribution is 2.21. The molecule has 16 heavy (non-hydrogen) atoms. The highest BCUT2D eigenvalue weighted by atomic mass is 32.2. The molecule has 0 saturated carbocycles. The molecule has 0 spiro atoms. The normalized spacial score (nSPS) is 10.6. The van der Waals surface area contributed by atoms with Gasteiger partial charge in [-0.05, 0) is 12.5 Å². The van der Waals surface area contributed by atoms with E-state index in [4.69, 9.17) is 10.2 Å². The number of nitrogens with zero attached hydrogens (tertiary/aromatic N) is 2. The molecule has 1 heterocycles. The summed E-state index contributed by atoms with van der Waals surface area (Å²) in [7, 11) is 0. The van der Waals surface area contributed by atoms with Gasteiger partial charge in [0.15, 0.2) is 0 Å². The lowest BCUT2D eigenvalue weighted by Gasteiger charge is -1.98. The molecule has 2 aromatic rings. The van der Waals surface area contributed by atoms with Gasteiger partial charge in [-0.1, -0.05) is 41.6 Å².